The number of furan rings is 1. The summed E-state index contributed by atoms with van der Waals surface area (Å²) in [5.74, 6) is -0.439. The Morgan fingerprint density at radius 3 is 3.00 bits per heavy atom. The van der Waals surface area contributed by atoms with Gasteiger partial charge in [-0.25, -0.2) is 0 Å². The van der Waals surface area contributed by atoms with Gasteiger partial charge in [0, 0.05) is 29.4 Å². The summed E-state index contributed by atoms with van der Waals surface area (Å²) < 4.78 is 10.2. The van der Waals surface area contributed by atoms with Crippen LogP contribution in [0.2, 0.25) is 0 Å². The van der Waals surface area contributed by atoms with E-state index in [1.54, 1.807) is 25.3 Å². The average molecular weight is 205 g/mol. The maximum absolute atomic E-state index is 10.5. The summed E-state index contributed by atoms with van der Waals surface area (Å²) >= 11 is 0. The minimum absolute atomic E-state index is 0.140. The van der Waals surface area contributed by atoms with E-state index in [2.05, 4.69) is 0 Å². The average Bonchev–Trinajstić information content (AvgIpc) is 2.60. The molecule has 0 saturated carbocycles. The number of carboxylic acids is 1. The van der Waals surface area contributed by atoms with Gasteiger partial charge in [-0.05, 0) is 12.1 Å². The number of carbonyl (C=O) groups is 1. The zero-order chi connectivity index (χ0) is 10.8. The number of methoxy groups -OCH3 is 1. The van der Waals surface area contributed by atoms with E-state index in [9.17, 15) is 9.90 Å². The highest BCUT2D eigenvalue weighted by atomic mass is 16.5. The van der Waals surface area contributed by atoms with Crippen molar-refractivity contribution in [1.82, 2.24) is 0 Å². The summed E-state index contributed by atoms with van der Waals surface area (Å²) in [6.45, 7) is 0. The first kappa shape index (κ1) is 9.58. The number of benzene rings is 1. The summed E-state index contributed by atoms with van der Waals surface area (Å²) in [4.78, 5) is 10.5. The lowest BCUT2D eigenvalue weighted by atomic mass is 10.1. The Labute approximate surface area is 86.1 Å². The molecule has 0 unspecified atom stereocenters. The molecule has 1 aromatic carbocycles. The highest BCUT2D eigenvalue weighted by molar-refractivity contribution is 5.85. The number of hydrogen-bond acceptors (Lipinski definition) is 4. The molecule has 0 aliphatic rings. The number of carbonyl (C=O) groups excluding carboxylic acids is 1. The molecule has 0 fully saturated rings. The smallest absolute Gasteiger partial charge is 0.137 e. The maximum atomic E-state index is 10.5. The molecular formula is C11H9O4-. The van der Waals surface area contributed by atoms with Crippen LogP contribution < -0.4 is 9.84 Å². The third kappa shape index (κ3) is 1.79. The molecule has 0 aliphatic carbocycles. The number of ether oxygens (including phenoxy) is 1. The van der Waals surface area contributed by atoms with Crippen molar-refractivity contribution < 1.29 is 19.1 Å². The summed E-state index contributed by atoms with van der Waals surface area (Å²) in [7, 11) is 1.56. The molecule has 0 N–H and O–H groups in total. The molecule has 0 aliphatic heterocycles. The predicted octanol–water partition coefficient (Wildman–Crippen LogP) is 0.734. The second-order valence-electron chi connectivity index (χ2n) is 3.17. The Morgan fingerprint density at radius 1 is 1.53 bits per heavy atom. The first-order valence-corrected chi connectivity index (χ1v) is 4.44. The number of carboxylic acid groups (broad SMARTS) is 1. The molecule has 4 heteroatoms. The third-order valence-corrected chi connectivity index (χ3v) is 2.20. The first-order valence-electron chi connectivity index (χ1n) is 4.44. The minimum Gasteiger partial charge on any atom is -0.550 e. The largest absolute Gasteiger partial charge is 0.550 e. The normalized spacial score (nSPS) is 10.5. The molecule has 2 rings (SSSR count). The van der Waals surface area contributed by atoms with Crippen molar-refractivity contribution in [2.75, 3.05) is 7.11 Å². The number of aliphatic carboxylic acids is 1. The van der Waals surface area contributed by atoms with Gasteiger partial charge in [0.2, 0.25) is 0 Å². The van der Waals surface area contributed by atoms with Crippen LogP contribution in [-0.2, 0) is 11.2 Å². The second-order valence-corrected chi connectivity index (χ2v) is 3.17. The van der Waals surface area contributed by atoms with Gasteiger partial charge in [-0.2, -0.15) is 0 Å². The van der Waals surface area contributed by atoms with Crippen LogP contribution in [0.15, 0.2) is 28.9 Å². The lowest BCUT2D eigenvalue weighted by Crippen LogP contribution is -2.24. The van der Waals surface area contributed by atoms with Crippen molar-refractivity contribution >= 4 is 16.9 Å². The highest BCUT2D eigenvalue weighted by Gasteiger charge is 2.06. The third-order valence-electron chi connectivity index (χ3n) is 2.20. The topological polar surface area (TPSA) is 62.5 Å². The van der Waals surface area contributed by atoms with Gasteiger partial charge in [0.05, 0.1) is 13.4 Å². The number of fused-ring (bicyclic) bond motifs is 1. The van der Waals surface area contributed by atoms with Crippen molar-refractivity contribution in [3.05, 3.63) is 30.0 Å². The van der Waals surface area contributed by atoms with Crippen LogP contribution in [-0.4, -0.2) is 13.1 Å². The van der Waals surface area contributed by atoms with E-state index in [-0.39, 0.29) is 6.42 Å². The summed E-state index contributed by atoms with van der Waals surface area (Å²) in [6, 6.07) is 5.25. The van der Waals surface area contributed by atoms with E-state index in [0.717, 1.165) is 5.39 Å². The van der Waals surface area contributed by atoms with Gasteiger partial charge in [0.15, 0.2) is 0 Å². The van der Waals surface area contributed by atoms with Crippen LogP contribution in [0.25, 0.3) is 11.0 Å². The van der Waals surface area contributed by atoms with E-state index in [1.807, 2.05) is 0 Å². The van der Waals surface area contributed by atoms with Crippen LogP contribution in [0.3, 0.4) is 0 Å². The molecule has 0 radical (unpaired) electrons. The van der Waals surface area contributed by atoms with Gasteiger partial charge in [-0.3, -0.25) is 0 Å². The van der Waals surface area contributed by atoms with Gasteiger partial charge in [-0.1, -0.05) is 0 Å². The predicted molar refractivity (Wildman–Crippen MR) is 51.5 cm³/mol. The minimum atomic E-state index is -1.12. The molecule has 2 aromatic rings. The van der Waals surface area contributed by atoms with Crippen LogP contribution in [0.5, 0.6) is 5.75 Å². The second kappa shape index (κ2) is 3.65. The molecule has 0 spiro atoms. The summed E-state index contributed by atoms with van der Waals surface area (Å²) in [5, 5.41) is 11.2. The molecule has 0 saturated heterocycles. The van der Waals surface area contributed by atoms with E-state index in [4.69, 9.17) is 9.15 Å². The quantitative estimate of drug-likeness (QED) is 0.741. The van der Waals surface area contributed by atoms with Crippen molar-refractivity contribution in [1.29, 1.82) is 0 Å². The summed E-state index contributed by atoms with van der Waals surface area (Å²) in [6.07, 6.45) is 1.29. The summed E-state index contributed by atoms with van der Waals surface area (Å²) in [5.41, 5.74) is 1.23. The van der Waals surface area contributed by atoms with Gasteiger partial charge >= 0.3 is 0 Å². The molecule has 0 atom stereocenters. The molecule has 4 nitrogen and oxygen atoms in total. The Morgan fingerprint density at radius 2 is 2.33 bits per heavy atom. The molecule has 0 amide bonds. The van der Waals surface area contributed by atoms with Crippen molar-refractivity contribution in [3.8, 4) is 5.75 Å². The molecule has 78 valence electrons. The van der Waals surface area contributed by atoms with E-state index < -0.39 is 5.97 Å². The van der Waals surface area contributed by atoms with Gasteiger partial charge in [-0.15, -0.1) is 0 Å². The Bertz CT molecular complexity index is 498. The molecule has 0 bridgehead atoms. The lowest BCUT2D eigenvalue weighted by Gasteiger charge is -2.00. The van der Waals surface area contributed by atoms with E-state index in [0.29, 0.717) is 16.9 Å². The molecular weight excluding hydrogens is 196 g/mol. The lowest BCUT2D eigenvalue weighted by molar-refractivity contribution is -0.304. The fraction of sp³-hybridized carbons (Fsp3) is 0.182. The van der Waals surface area contributed by atoms with Gasteiger partial charge in [0.25, 0.3) is 0 Å². The SMILES string of the molecule is COc1ccc2c(CC(=O)[O-])coc2c1. The van der Waals surface area contributed by atoms with E-state index >= 15 is 0 Å². The Kier molecular flexibility index (Phi) is 2.33. The standard InChI is InChI=1S/C11H10O4/c1-14-8-2-3-9-7(4-11(12)13)6-15-10(9)5-8/h2-3,5-6H,4H2,1H3,(H,12,13)/p-1. The number of rotatable bonds is 3. The maximum Gasteiger partial charge on any atom is 0.137 e. The fourth-order valence-electron chi connectivity index (χ4n) is 1.48. The molecule has 15 heavy (non-hydrogen) atoms. The van der Waals surface area contributed by atoms with Crippen molar-refractivity contribution in [2.45, 2.75) is 6.42 Å². The van der Waals surface area contributed by atoms with Gasteiger partial charge in [0.1, 0.15) is 11.3 Å². The van der Waals surface area contributed by atoms with Crippen molar-refractivity contribution in [2.24, 2.45) is 0 Å². The van der Waals surface area contributed by atoms with Crippen LogP contribution in [0.1, 0.15) is 5.56 Å². The van der Waals surface area contributed by atoms with Crippen LogP contribution in [0.4, 0.5) is 0 Å². The van der Waals surface area contributed by atoms with Crippen LogP contribution >= 0.6 is 0 Å². The zero-order valence-electron chi connectivity index (χ0n) is 8.15. The first-order chi connectivity index (χ1) is 7.20. The monoisotopic (exact) mass is 205 g/mol. The van der Waals surface area contributed by atoms with E-state index in [1.165, 1.54) is 6.26 Å². The zero-order valence-corrected chi connectivity index (χ0v) is 8.15. The number of hydrogen-bond donors (Lipinski definition) is 0. The van der Waals surface area contributed by atoms with Gasteiger partial charge < -0.3 is 19.1 Å². The van der Waals surface area contributed by atoms with Crippen molar-refractivity contribution in [3.63, 3.8) is 0 Å². The molecule has 1 heterocycles. The Hall–Kier alpha value is -1.97. The van der Waals surface area contributed by atoms with Crippen LogP contribution in [0, 0.1) is 0 Å². The Balaban J connectivity index is 2.47. The highest BCUT2D eigenvalue weighted by Crippen LogP contribution is 2.25. The molecule has 1 aromatic heterocycles. The fourth-order valence-corrected chi connectivity index (χ4v) is 1.48.